The number of nitrogens with one attached hydrogen (secondary N) is 1. The molecule has 2 rings (SSSR count). The van der Waals surface area contributed by atoms with Crippen molar-refractivity contribution in [1.29, 1.82) is 0 Å². The lowest BCUT2D eigenvalue weighted by atomic mass is 9.96. The van der Waals surface area contributed by atoms with Crippen LogP contribution in [-0.4, -0.2) is 28.8 Å². The van der Waals surface area contributed by atoms with Gasteiger partial charge in [-0.15, -0.1) is 0 Å². The van der Waals surface area contributed by atoms with Gasteiger partial charge in [-0.05, 0) is 17.2 Å². The minimum atomic E-state index is -1.05. The number of carbonyl (C=O) groups excluding carboxylic acids is 1. The molecule has 2 atom stereocenters. The van der Waals surface area contributed by atoms with Gasteiger partial charge >= 0.3 is 0 Å². The van der Waals surface area contributed by atoms with E-state index in [9.17, 15) is 15.0 Å². The van der Waals surface area contributed by atoms with Crippen LogP contribution in [0.15, 0.2) is 18.2 Å². The van der Waals surface area contributed by atoms with Crippen LogP contribution < -0.4 is 11.1 Å². The molecule has 1 aromatic carbocycles. The van der Waals surface area contributed by atoms with Crippen LogP contribution in [0.3, 0.4) is 0 Å². The predicted molar refractivity (Wildman–Crippen MR) is 57.6 cm³/mol. The summed E-state index contributed by atoms with van der Waals surface area (Å²) in [5.41, 5.74) is 7.15. The molecular weight excluding hydrogens is 208 g/mol. The Morgan fingerprint density at radius 3 is 2.88 bits per heavy atom. The van der Waals surface area contributed by atoms with Crippen LogP contribution in [0.2, 0.25) is 0 Å². The molecule has 1 amide bonds. The van der Waals surface area contributed by atoms with Crippen molar-refractivity contribution in [2.75, 3.05) is 6.54 Å². The summed E-state index contributed by atoms with van der Waals surface area (Å²) in [5, 5.41) is 22.0. The Hall–Kier alpha value is -1.43. The Labute approximate surface area is 92.9 Å². The number of benzene rings is 1. The fraction of sp³-hybridized carbons (Fsp3) is 0.364. The number of nitrogens with two attached hydrogens (primary N) is 1. The summed E-state index contributed by atoms with van der Waals surface area (Å²) in [6, 6.07) is 5.08. The van der Waals surface area contributed by atoms with Crippen molar-refractivity contribution < 1.29 is 15.0 Å². The van der Waals surface area contributed by atoms with Crippen LogP contribution in [0, 0.1) is 0 Å². The van der Waals surface area contributed by atoms with Crippen molar-refractivity contribution in [1.82, 2.24) is 5.32 Å². The van der Waals surface area contributed by atoms with Gasteiger partial charge in [0.05, 0.1) is 6.10 Å². The quantitative estimate of drug-likeness (QED) is 0.543. The molecular formula is C11H14N2O3. The number of carbonyl (C=O) groups is 1. The molecule has 1 aliphatic rings. The van der Waals surface area contributed by atoms with Crippen molar-refractivity contribution >= 4 is 5.91 Å². The lowest BCUT2D eigenvalue weighted by Gasteiger charge is -2.18. The highest BCUT2D eigenvalue weighted by Gasteiger charge is 2.26. The van der Waals surface area contributed by atoms with E-state index in [1.165, 1.54) is 0 Å². The summed E-state index contributed by atoms with van der Waals surface area (Å²) < 4.78 is 0. The standard InChI is InChI=1S/C11H14N2O3/c12-4-9(14)10(15)6-2-1-3-7-8(6)5-13-11(7)16/h1-3,9-10,14-15H,4-5,12H2,(H,13,16). The van der Waals surface area contributed by atoms with Crippen molar-refractivity contribution in [2.45, 2.75) is 18.8 Å². The molecule has 0 radical (unpaired) electrons. The molecule has 16 heavy (non-hydrogen) atoms. The van der Waals surface area contributed by atoms with E-state index in [2.05, 4.69) is 5.32 Å². The number of amides is 1. The van der Waals surface area contributed by atoms with Gasteiger partial charge in [-0.3, -0.25) is 4.79 Å². The average Bonchev–Trinajstić information content (AvgIpc) is 2.69. The van der Waals surface area contributed by atoms with E-state index < -0.39 is 12.2 Å². The predicted octanol–water partition coefficient (Wildman–Crippen LogP) is -0.717. The number of fused-ring (bicyclic) bond motifs is 1. The van der Waals surface area contributed by atoms with Gasteiger partial charge < -0.3 is 21.3 Å². The fourth-order valence-corrected chi connectivity index (χ4v) is 1.89. The Morgan fingerprint density at radius 1 is 1.44 bits per heavy atom. The van der Waals surface area contributed by atoms with Gasteiger partial charge in [0.1, 0.15) is 6.10 Å². The Bertz CT molecular complexity index is 420. The third-order valence-electron chi connectivity index (χ3n) is 2.81. The van der Waals surface area contributed by atoms with Gasteiger partial charge in [-0.2, -0.15) is 0 Å². The minimum Gasteiger partial charge on any atom is -0.389 e. The van der Waals surface area contributed by atoms with E-state index in [0.29, 0.717) is 17.7 Å². The molecule has 0 saturated carbocycles. The molecule has 1 aliphatic heterocycles. The normalized spacial score (nSPS) is 17.8. The Balaban J connectivity index is 2.40. The van der Waals surface area contributed by atoms with E-state index >= 15 is 0 Å². The number of hydrogen-bond donors (Lipinski definition) is 4. The monoisotopic (exact) mass is 222 g/mol. The highest BCUT2D eigenvalue weighted by atomic mass is 16.3. The Morgan fingerprint density at radius 2 is 2.19 bits per heavy atom. The van der Waals surface area contributed by atoms with Crippen LogP contribution in [0.1, 0.15) is 27.6 Å². The SMILES string of the molecule is NCC(O)C(O)c1cccc2c1CNC2=O. The molecule has 2 unspecified atom stereocenters. The van der Waals surface area contributed by atoms with E-state index in [-0.39, 0.29) is 12.5 Å². The molecule has 86 valence electrons. The zero-order valence-electron chi connectivity index (χ0n) is 8.68. The van der Waals surface area contributed by atoms with Gasteiger partial charge in [0.2, 0.25) is 0 Å². The third kappa shape index (κ3) is 1.69. The average molecular weight is 222 g/mol. The van der Waals surface area contributed by atoms with E-state index in [0.717, 1.165) is 5.56 Å². The van der Waals surface area contributed by atoms with E-state index in [1.807, 2.05) is 0 Å². The van der Waals surface area contributed by atoms with Crippen molar-refractivity contribution in [3.63, 3.8) is 0 Å². The number of aliphatic hydroxyl groups is 2. The van der Waals surface area contributed by atoms with Crippen LogP contribution >= 0.6 is 0 Å². The summed E-state index contributed by atoms with van der Waals surface area (Å²) in [4.78, 5) is 11.4. The lowest BCUT2D eigenvalue weighted by Crippen LogP contribution is -2.27. The molecule has 5 heteroatoms. The summed E-state index contributed by atoms with van der Waals surface area (Å²) in [5.74, 6) is -0.147. The topological polar surface area (TPSA) is 95.6 Å². The largest absolute Gasteiger partial charge is 0.389 e. The summed E-state index contributed by atoms with van der Waals surface area (Å²) in [6.45, 7) is 0.366. The molecule has 0 bridgehead atoms. The van der Waals surface area contributed by atoms with Crippen LogP contribution in [0.25, 0.3) is 0 Å². The van der Waals surface area contributed by atoms with Crippen LogP contribution in [0.5, 0.6) is 0 Å². The first-order chi connectivity index (χ1) is 7.65. The summed E-state index contributed by atoms with van der Waals surface area (Å²) in [6.07, 6.45) is -2.06. The molecule has 5 N–H and O–H groups in total. The van der Waals surface area contributed by atoms with Crippen LogP contribution in [-0.2, 0) is 6.54 Å². The molecule has 0 fully saturated rings. The molecule has 1 heterocycles. The lowest BCUT2D eigenvalue weighted by molar-refractivity contribution is 0.0238. The Kier molecular flexibility index (Phi) is 2.91. The van der Waals surface area contributed by atoms with Crippen molar-refractivity contribution in [3.05, 3.63) is 34.9 Å². The first-order valence-electron chi connectivity index (χ1n) is 5.11. The first kappa shape index (κ1) is 11.1. The third-order valence-corrected chi connectivity index (χ3v) is 2.81. The summed E-state index contributed by atoms with van der Waals surface area (Å²) >= 11 is 0. The number of hydrogen-bond acceptors (Lipinski definition) is 4. The first-order valence-corrected chi connectivity index (χ1v) is 5.11. The second kappa shape index (κ2) is 4.21. The summed E-state index contributed by atoms with van der Waals surface area (Å²) in [7, 11) is 0. The van der Waals surface area contributed by atoms with Crippen LogP contribution in [0.4, 0.5) is 0 Å². The maximum atomic E-state index is 11.4. The van der Waals surface area contributed by atoms with Gasteiger partial charge in [-0.1, -0.05) is 12.1 Å². The highest BCUT2D eigenvalue weighted by Crippen LogP contribution is 2.26. The van der Waals surface area contributed by atoms with Crippen molar-refractivity contribution in [3.8, 4) is 0 Å². The second-order valence-corrected chi connectivity index (χ2v) is 3.80. The van der Waals surface area contributed by atoms with Gasteiger partial charge in [0.25, 0.3) is 5.91 Å². The maximum Gasteiger partial charge on any atom is 0.251 e. The minimum absolute atomic E-state index is 0.0216. The van der Waals surface area contributed by atoms with Gasteiger partial charge in [0, 0.05) is 18.7 Å². The second-order valence-electron chi connectivity index (χ2n) is 3.80. The molecule has 1 aromatic rings. The molecule has 0 aliphatic carbocycles. The highest BCUT2D eigenvalue weighted by molar-refractivity contribution is 5.98. The fourth-order valence-electron chi connectivity index (χ4n) is 1.89. The van der Waals surface area contributed by atoms with Gasteiger partial charge in [-0.25, -0.2) is 0 Å². The maximum absolute atomic E-state index is 11.4. The molecule has 0 saturated heterocycles. The molecule has 0 aromatic heterocycles. The van der Waals surface area contributed by atoms with E-state index in [1.54, 1.807) is 18.2 Å². The molecule has 5 nitrogen and oxygen atoms in total. The zero-order chi connectivity index (χ0) is 11.7. The number of aliphatic hydroxyl groups excluding tert-OH is 2. The van der Waals surface area contributed by atoms with Gasteiger partial charge in [0.15, 0.2) is 0 Å². The van der Waals surface area contributed by atoms with Crippen molar-refractivity contribution in [2.24, 2.45) is 5.73 Å². The smallest absolute Gasteiger partial charge is 0.251 e. The zero-order valence-corrected chi connectivity index (χ0v) is 8.68. The number of rotatable bonds is 3. The molecule has 0 spiro atoms. The van der Waals surface area contributed by atoms with E-state index in [4.69, 9.17) is 5.73 Å².